The predicted molar refractivity (Wildman–Crippen MR) is 71.3 cm³/mol. The summed E-state index contributed by atoms with van der Waals surface area (Å²) in [5.74, 6) is 0.340. The first-order chi connectivity index (χ1) is 8.52. The highest BCUT2D eigenvalue weighted by Gasteiger charge is 2.29. The molecule has 0 bridgehead atoms. The number of aromatic nitrogens is 2. The summed E-state index contributed by atoms with van der Waals surface area (Å²) >= 11 is 1.54. The van der Waals surface area contributed by atoms with Gasteiger partial charge in [0.2, 0.25) is 0 Å². The van der Waals surface area contributed by atoms with Crippen molar-refractivity contribution in [2.24, 2.45) is 0 Å². The molecule has 0 aliphatic heterocycles. The molecular formula is C13H18N2O2S. The summed E-state index contributed by atoms with van der Waals surface area (Å²) in [4.78, 5) is 20.1. The molecule has 0 amide bonds. The Morgan fingerprint density at radius 2 is 2.17 bits per heavy atom. The van der Waals surface area contributed by atoms with E-state index in [1.165, 1.54) is 0 Å². The third-order valence-corrected chi connectivity index (χ3v) is 4.37. The van der Waals surface area contributed by atoms with Crippen LogP contribution in [0.2, 0.25) is 0 Å². The molecule has 2 rings (SSSR count). The van der Waals surface area contributed by atoms with E-state index in [9.17, 15) is 9.90 Å². The third-order valence-electron chi connectivity index (χ3n) is 3.12. The molecule has 1 atom stereocenters. The Hall–Kier alpha value is -1.10. The van der Waals surface area contributed by atoms with Crippen molar-refractivity contribution >= 4 is 17.7 Å². The molecule has 1 aliphatic carbocycles. The summed E-state index contributed by atoms with van der Waals surface area (Å²) < 4.78 is 0. The lowest BCUT2D eigenvalue weighted by atomic mass is 10.2. The topological polar surface area (TPSA) is 63.1 Å². The molecule has 1 saturated carbocycles. The van der Waals surface area contributed by atoms with Crippen LogP contribution >= 0.6 is 11.8 Å². The Labute approximate surface area is 111 Å². The molecular weight excluding hydrogens is 248 g/mol. The zero-order chi connectivity index (χ0) is 13.3. The number of thioether (sulfide) groups is 1. The van der Waals surface area contributed by atoms with Gasteiger partial charge in [-0.25, -0.2) is 14.8 Å². The number of aryl methyl sites for hydroxylation is 1. The molecule has 5 heteroatoms. The maximum atomic E-state index is 11.3. The van der Waals surface area contributed by atoms with Gasteiger partial charge < -0.3 is 5.11 Å². The van der Waals surface area contributed by atoms with Crippen LogP contribution in [-0.4, -0.2) is 26.3 Å². The SMILES string of the molecule is CCC(C)Sc1nc(C2CC2)nc(C)c1C(=O)O. The second kappa shape index (κ2) is 5.26. The van der Waals surface area contributed by atoms with Gasteiger partial charge >= 0.3 is 5.97 Å². The minimum absolute atomic E-state index is 0.268. The summed E-state index contributed by atoms with van der Waals surface area (Å²) in [5, 5.41) is 10.3. The van der Waals surface area contributed by atoms with Crippen molar-refractivity contribution in [3.8, 4) is 0 Å². The van der Waals surface area contributed by atoms with Crippen LogP contribution in [0.3, 0.4) is 0 Å². The van der Waals surface area contributed by atoms with Gasteiger partial charge in [0, 0.05) is 11.2 Å². The molecule has 4 nitrogen and oxygen atoms in total. The smallest absolute Gasteiger partial charge is 0.340 e. The van der Waals surface area contributed by atoms with Crippen molar-refractivity contribution in [1.29, 1.82) is 0 Å². The van der Waals surface area contributed by atoms with E-state index in [0.717, 1.165) is 25.1 Å². The zero-order valence-electron chi connectivity index (χ0n) is 10.9. The molecule has 1 N–H and O–H groups in total. The number of nitrogens with zero attached hydrogens (tertiary/aromatic N) is 2. The van der Waals surface area contributed by atoms with Gasteiger partial charge in [0.15, 0.2) is 0 Å². The van der Waals surface area contributed by atoms with Crippen LogP contribution in [0.5, 0.6) is 0 Å². The number of carbonyl (C=O) groups is 1. The number of carboxylic acid groups (broad SMARTS) is 1. The van der Waals surface area contributed by atoms with Crippen LogP contribution in [0.4, 0.5) is 0 Å². The standard InChI is InChI=1S/C13H18N2O2S/c1-4-7(2)18-12-10(13(16)17)8(3)14-11(15-12)9-5-6-9/h7,9H,4-6H2,1-3H3,(H,16,17). The first-order valence-electron chi connectivity index (χ1n) is 6.31. The molecule has 1 heterocycles. The highest BCUT2D eigenvalue weighted by molar-refractivity contribution is 7.99. The summed E-state index contributed by atoms with van der Waals surface area (Å²) in [6, 6.07) is 0. The number of aromatic carboxylic acids is 1. The van der Waals surface area contributed by atoms with Gasteiger partial charge in [-0.05, 0) is 26.2 Å². The molecule has 0 radical (unpaired) electrons. The molecule has 1 fully saturated rings. The van der Waals surface area contributed by atoms with Crippen LogP contribution in [0, 0.1) is 6.92 Å². The Balaban J connectivity index is 2.40. The van der Waals surface area contributed by atoms with E-state index in [2.05, 4.69) is 23.8 Å². The van der Waals surface area contributed by atoms with Crippen molar-refractivity contribution in [2.45, 2.75) is 56.2 Å². The zero-order valence-corrected chi connectivity index (χ0v) is 11.8. The lowest BCUT2D eigenvalue weighted by Gasteiger charge is -2.12. The summed E-state index contributed by atoms with van der Waals surface area (Å²) in [7, 11) is 0. The molecule has 1 unspecified atom stereocenters. The second-order valence-electron chi connectivity index (χ2n) is 4.76. The van der Waals surface area contributed by atoms with Crippen molar-refractivity contribution in [3.05, 3.63) is 17.1 Å². The summed E-state index contributed by atoms with van der Waals surface area (Å²) in [6.07, 6.45) is 3.24. The first-order valence-corrected chi connectivity index (χ1v) is 7.19. The van der Waals surface area contributed by atoms with Crippen LogP contribution < -0.4 is 0 Å². The van der Waals surface area contributed by atoms with Crippen molar-refractivity contribution in [1.82, 2.24) is 9.97 Å². The van der Waals surface area contributed by atoms with Crippen LogP contribution in [-0.2, 0) is 0 Å². The van der Waals surface area contributed by atoms with E-state index < -0.39 is 5.97 Å². The van der Waals surface area contributed by atoms with Gasteiger partial charge in [0.05, 0.1) is 5.69 Å². The molecule has 0 spiro atoms. The van der Waals surface area contributed by atoms with E-state index in [4.69, 9.17) is 0 Å². The fraction of sp³-hybridized carbons (Fsp3) is 0.615. The average Bonchev–Trinajstić information content (AvgIpc) is 3.11. The Morgan fingerprint density at radius 1 is 1.50 bits per heavy atom. The summed E-state index contributed by atoms with van der Waals surface area (Å²) in [6.45, 7) is 5.94. The monoisotopic (exact) mass is 266 g/mol. The largest absolute Gasteiger partial charge is 0.478 e. The highest BCUT2D eigenvalue weighted by Crippen LogP contribution is 2.39. The van der Waals surface area contributed by atoms with Gasteiger partial charge in [-0.2, -0.15) is 0 Å². The van der Waals surface area contributed by atoms with Crippen LogP contribution in [0.1, 0.15) is 60.9 Å². The second-order valence-corrected chi connectivity index (χ2v) is 6.19. The number of hydrogen-bond donors (Lipinski definition) is 1. The number of carboxylic acids is 1. The molecule has 1 aliphatic rings. The van der Waals surface area contributed by atoms with Gasteiger partial charge in [-0.15, -0.1) is 11.8 Å². The van der Waals surface area contributed by atoms with E-state index in [1.54, 1.807) is 18.7 Å². The third kappa shape index (κ3) is 2.83. The van der Waals surface area contributed by atoms with Crippen LogP contribution in [0.25, 0.3) is 0 Å². The minimum Gasteiger partial charge on any atom is -0.478 e. The fourth-order valence-corrected chi connectivity index (χ4v) is 2.74. The van der Waals surface area contributed by atoms with Gasteiger partial charge in [-0.1, -0.05) is 13.8 Å². The molecule has 18 heavy (non-hydrogen) atoms. The molecule has 1 aromatic heterocycles. The maximum Gasteiger partial charge on any atom is 0.340 e. The Morgan fingerprint density at radius 3 is 2.67 bits per heavy atom. The van der Waals surface area contributed by atoms with Gasteiger partial charge in [-0.3, -0.25) is 0 Å². The Bertz CT molecular complexity index is 472. The lowest BCUT2D eigenvalue weighted by Crippen LogP contribution is -2.10. The minimum atomic E-state index is -0.930. The first kappa shape index (κ1) is 13.3. The molecule has 1 aromatic rings. The quantitative estimate of drug-likeness (QED) is 0.654. The lowest BCUT2D eigenvalue weighted by molar-refractivity contribution is 0.0690. The number of hydrogen-bond acceptors (Lipinski definition) is 4. The van der Waals surface area contributed by atoms with Gasteiger partial charge in [0.1, 0.15) is 16.4 Å². The van der Waals surface area contributed by atoms with E-state index in [-0.39, 0.29) is 5.56 Å². The molecule has 98 valence electrons. The summed E-state index contributed by atoms with van der Waals surface area (Å²) in [5.41, 5.74) is 0.856. The molecule has 0 saturated heterocycles. The van der Waals surface area contributed by atoms with E-state index >= 15 is 0 Å². The highest BCUT2D eigenvalue weighted by atomic mass is 32.2. The average molecular weight is 266 g/mol. The van der Waals surface area contributed by atoms with Crippen molar-refractivity contribution in [3.63, 3.8) is 0 Å². The maximum absolute atomic E-state index is 11.3. The van der Waals surface area contributed by atoms with Crippen LogP contribution in [0.15, 0.2) is 5.03 Å². The predicted octanol–water partition coefficient (Wildman–Crippen LogP) is 3.25. The van der Waals surface area contributed by atoms with E-state index in [1.807, 2.05) is 0 Å². The fourth-order valence-electron chi connectivity index (χ4n) is 1.70. The molecule has 0 aromatic carbocycles. The van der Waals surface area contributed by atoms with Gasteiger partial charge in [0.25, 0.3) is 0 Å². The van der Waals surface area contributed by atoms with Crippen molar-refractivity contribution < 1.29 is 9.90 Å². The Kier molecular flexibility index (Phi) is 3.90. The normalized spacial score (nSPS) is 16.6. The number of rotatable bonds is 5. The van der Waals surface area contributed by atoms with Crippen molar-refractivity contribution in [2.75, 3.05) is 0 Å². The van der Waals surface area contributed by atoms with E-state index in [0.29, 0.717) is 21.9 Å².